The van der Waals surface area contributed by atoms with Gasteiger partial charge in [-0.05, 0) is 31.8 Å². The molecule has 1 aromatic rings. The number of nitrogens with zero attached hydrogens (tertiary/aromatic N) is 3. The number of fused-ring (bicyclic) bond motifs is 1. The minimum absolute atomic E-state index is 0.0534. The maximum atomic E-state index is 12.0. The van der Waals surface area contributed by atoms with Crippen molar-refractivity contribution in [3.63, 3.8) is 0 Å². The zero-order valence-corrected chi connectivity index (χ0v) is 17.2. The number of allylic oxidation sites excluding steroid dienone is 5. The molecule has 1 saturated heterocycles. The van der Waals surface area contributed by atoms with E-state index in [9.17, 15) is 13.5 Å². The summed E-state index contributed by atoms with van der Waals surface area (Å²) in [6, 6.07) is 0.0604. The number of rotatable bonds is 6. The minimum atomic E-state index is -3.43. The molecule has 152 valence electrons. The van der Waals surface area contributed by atoms with Gasteiger partial charge in [0.25, 0.3) is 10.2 Å². The van der Waals surface area contributed by atoms with Crippen LogP contribution in [-0.4, -0.2) is 53.6 Å². The van der Waals surface area contributed by atoms with E-state index in [1.165, 1.54) is 16.9 Å². The summed E-state index contributed by atoms with van der Waals surface area (Å²) >= 11 is 0. The van der Waals surface area contributed by atoms with Crippen molar-refractivity contribution < 1.29 is 13.5 Å². The Balaban J connectivity index is 1.58. The van der Waals surface area contributed by atoms with Crippen molar-refractivity contribution in [2.45, 2.75) is 38.3 Å². The first-order valence-electron chi connectivity index (χ1n) is 9.72. The van der Waals surface area contributed by atoms with Gasteiger partial charge in [0.05, 0.1) is 30.4 Å². The lowest BCUT2D eigenvalue weighted by molar-refractivity contribution is -0.0556. The van der Waals surface area contributed by atoms with E-state index in [1.54, 1.807) is 0 Å². The number of imidazole rings is 1. The van der Waals surface area contributed by atoms with E-state index in [4.69, 9.17) is 0 Å². The highest BCUT2D eigenvalue weighted by Gasteiger charge is 2.59. The number of aliphatic hydroxyl groups is 1. The van der Waals surface area contributed by atoms with E-state index < -0.39 is 16.3 Å². The zero-order valence-electron chi connectivity index (χ0n) is 16.4. The predicted molar refractivity (Wildman–Crippen MR) is 109 cm³/mol. The highest BCUT2D eigenvalue weighted by atomic mass is 32.2. The Kier molecular flexibility index (Phi) is 4.86. The van der Waals surface area contributed by atoms with Gasteiger partial charge >= 0.3 is 0 Å². The Bertz CT molecular complexity index is 940. The Labute approximate surface area is 166 Å². The molecule has 3 atom stereocenters. The van der Waals surface area contributed by atoms with E-state index in [0.29, 0.717) is 13.1 Å². The second-order valence-corrected chi connectivity index (χ2v) is 10.0. The maximum absolute atomic E-state index is 12.0. The molecule has 2 N–H and O–H groups in total. The molecule has 8 heteroatoms. The average molecular weight is 405 g/mol. The van der Waals surface area contributed by atoms with E-state index >= 15 is 0 Å². The second kappa shape index (κ2) is 6.95. The summed E-state index contributed by atoms with van der Waals surface area (Å²) in [5.74, 6) is 0.0534. The first-order chi connectivity index (χ1) is 13.3. The van der Waals surface area contributed by atoms with Gasteiger partial charge in [-0.2, -0.15) is 12.7 Å². The van der Waals surface area contributed by atoms with Crippen LogP contribution in [0, 0.1) is 11.3 Å². The molecule has 3 aliphatic rings. The molecule has 1 aliphatic carbocycles. The smallest absolute Gasteiger partial charge is 0.279 e. The lowest BCUT2D eigenvalue weighted by atomic mass is 9.75. The molecular weight excluding hydrogens is 376 g/mol. The highest BCUT2D eigenvalue weighted by Crippen LogP contribution is 2.55. The van der Waals surface area contributed by atoms with Gasteiger partial charge in [-0.3, -0.25) is 0 Å². The third-order valence-electron chi connectivity index (χ3n) is 6.69. The van der Waals surface area contributed by atoms with Crippen LogP contribution < -0.4 is 4.72 Å². The molecule has 2 fully saturated rings. The fourth-order valence-electron chi connectivity index (χ4n) is 5.18. The first-order valence-corrected chi connectivity index (χ1v) is 11.2. The normalized spacial score (nSPS) is 29.6. The molecule has 4 rings (SSSR count). The van der Waals surface area contributed by atoms with Crippen LogP contribution in [0.2, 0.25) is 0 Å². The first kappa shape index (κ1) is 19.6. The fraction of sp³-hybridized carbons (Fsp3) is 0.550. The van der Waals surface area contributed by atoms with Crippen molar-refractivity contribution in [3.8, 4) is 0 Å². The summed E-state index contributed by atoms with van der Waals surface area (Å²) in [6.45, 7) is 6.65. The minimum Gasteiger partial charge on any atom is -0.392 e. The van der Waals surface area contributed by atoms with Gasteiger partial charge in [0.15, 0.2) is 0 Å². The van der Waals surface area contributed by atoms with Crippen LogP contribution in [0.3, 0.4) is 0 Å². The van der Waals surface area contributed by atoms with Crippen molar-refractivity contribution >= 4 is 15.8 Å². The molecule has 1 spiro atoms. The number of aromatic nitrogens is 2. The maximum Gasteiger partial charge on any atom is 0.279 e. The molecule has 1 saturated carbocycles. The number of hydrogen-bond donors (Lipinski definition) is 2. The van der Waals surface area contributed by atoms with Crippen molar-refractivity contribution in [2.24, 2.45) is 11.3 Å². The summed E-state index contributed by atoms with van der Waals surface area (Å²) in [5, 5.41) is 11.2. The van der Waals surface area contributed by atoms with Crippen LogP contribution in [0.25, 0.3) is 5.57 Å². The Morgan fingerprint density at radius 2 is 2.21 bits per heavy atom. The Morgan fingerprint density at radius 1 is 1.46 bits per heavy atom. The average Bonchev–Trinajstić information content (AvgIpc) is 3.29. The molecule has 0 bridgehead atoms. The lowest BCUT2D eigenvalue weighted by Crippen LogP contribution is -2.64. The van der Waals surface area contributed by atoms with Gasteiger partial charge in [0.2, 0.25) is 0 Å². The number of nitrogens with one attached hydrogen (secondary N) is 1. The summed E-state index contributed by atoms with van der Waals surface area (Å²) < 4.78 is 30.0. The largest absolute Gasteiger partial charge is 0.392 e. The molecule has 7 nitrogen and oxygen atoms in total. The van der Waals surface area contributed by atoms with E-state index in [0.717, 1.165) is 30.5 Å². The summed E-state index contributed by atoms with van der Waals surface area (Å²) in [5.41, 5.74) is 3.13. The summed E-state index contributed by atoms with van der Waals surface area (Å²) in [7, 11) is -2.01. The number of aliphatic hydroxyl groups excluding tert-OH is 1. The van der Waals surface area contributed by atoms with Crippen LogP contribution in [0.15, 0.2) is 42.9 Å². The van der Waals surface area contributed by atoms with Gasteiger partial charge in [-0.25, -0.2) is 9.71 Å². The van der Waals surface area contributed by atoms with Gasteiger partial charge in [0.1, 0.15) is 0 Å². The third kappa shape index (κ3) is 2.82. The van der Waals surface area contributed by atoms with Crippen molar-refractivity contribution in [2.75, 3.05) is 20.1 Å². The molecule has 0 aromatic carbocycles. The van der Waals surface area contributed by atoms with Crippen LogP contribution in [0.4, 0.5) is 0 Å². The molecule has 0 radical (unpaired) electrons. The molecule has 0 amide bonds. The predicted octanol–water partition coefficient (Wildman–Crippen LogP) is 1.88. The SMILES string of the molecule is C=CC/C=C\C1=C(C)[C@@H]([C@H]2CCC3(CN(S(=O)(=O)NC)C3)[C@@H]2O)n2cncc21. The monoisotopic (exact) mass is 404 g/mol. The molecular formula is C20H28N4O3S. The zero-order chi connectivity index (χ0) is 20.1. The lowest BCUT2D eigenvalue weighted by Gasteiger charge is -2.49. The molecule has 3 heterocycles. The molecule has 0 unspecified atom stereocenters. The van der Waals surface area contributed by atoms with E-state index in [2.05, 4.69) is 39.9 Å². The van der Waals surface area contributed by atoms with Crippen LogP contribution in [-0.2, 0) is 10.2 Å². The summed E-state index contributed by atoms with van der Waals surface area (Å²) in [6.07, 6.45) is 11.8. The van der Waals surface area contributed by atoms with E-state index in [1.807, 2.05) is 18.6 Å². The van der Waals surface area contributed by atoms with Crippen molar-refractivity contribution in [3.05, 3.63) is 48.6 Å². The van der Waals surface area contributed by atoms with Crippen LogP contribution in [0.1, 0.15) is 37.9 Å². The molecule has 28 heavy (non-hydrogen) atoms. The topological polar surface area (TPSA) is 87.5 Å². The molecule has 1 aromatic heterocycles. The quantitative estimate of drug-likeness (QED) is 0.709. The Morgan fingerprint density at radius 3 is 2.89 bits per heavy atom. The second-order valence-electron chi connectivity index (χ2n) is 8.14. The Hall–Kier alpha value is -1.74. The van der Waals surface area contributed by atoms with E-state index in [-0.39, 0.29) is 17.4 Å². The standard InChI is InChI=1S/C20H28N4O3S/c1-4-5-6-7-15-14(2)18(24-13-22-10-17(15)24)16-8-9-20(19(16)25)11-23(12-20)28(26,27)21-3/h4,6-7,10,13,16,18-19,21,25H,1,5,8-9,11-12H2,2-3H3/b7-6-/t16-,18+,19-/m1/s1. The molecule has 2 aliphatic heterocycles. The highest BCUT2D eigenvalue weighted by molar-refractivity contribution is 7.87. The fourth-order valence-corrected chi connectivity index (χ4v) is 6.29. The van der Waals surface area contributed by atoms with Gasteiger partial charge in [-0.15, -0.1) is 6.58 Å². The van der Waals surface area contributed by atoms with Gasteiger partial charge in [0, 0.05) is 37.0 Å². The van der Waals surface area contributed by atoms with Crippen molar-refractivity contribution in [1.29, 1.82) is 0 Å². The third-order valence-corrected chi connectivity index (χ3v) is 8.15. The van der Waals surface area contributed by atoms with Crippen molar-refractivity contribution in [1.82, 2.24) is 18.6 Å². The van der Waals surface area contributed by atoms with Gasteiger partial charge in [-0.1, -0.05) is 18.2 Å². The summed E-state index contributed by atoms with van der Waals surface area (Å²) in [4.78, 5) is 4.33. The number of hydrogen-bond acceptors (Lipinski definition) is 4. The van der Waals surface area contributed by atoms with Gasteiger partial charge < -0.3 is 9.67 Å². The van der Waals surface area contributed by atoms with Crippen LogP contribution >= 0.6 is 0 Å². The van der Waals surface area contributed by atoms with Crippen LogP contribution in [0.5, 0.6) is 0 Å².